The minimum absolute atomic E-state index is 0.127. The van der Waals surface area contributed by atoms with Crippen LogP contribution in [-0.2, 0) is 17.9 Å². The van der Waals surface area contributed by atoms with Gasteiger partial charge in [0.25, 0.3) is 11.1 Å². The minimum atomic E-state index is -0.354. The van der Waals surface area contributed by atoms with Crippen molar-refractivity contribution in [1.29, 1.82) is 0 Å². The maximum atomic E-state index is 13.0. The quantitative estimate of drug-likeness (QED) is 0.411. The predicted molar refractivity (Wildman–Crippen MR) is 120 cm³/mol. The van der Waals surface area contributed by atoms with Crippen LogP contribution >= 0.6 is 23.4 Å². The third kappa shape index (κ3) is 5.16. The van der Waals surface area contributed by atoms with Gasteiger partial charge in [0, 0.05) is 5.02 Å². The van der Waals surface area contributed by atoms with Crippen molar-refractivity contribution in [3.05, 3.63) is 105 Å². The van der Waals surface area contributed by atoms with Crippen LogP contribution in [0.15, 0.2) is 77.7 Å². The summed E-state index contributed by atoms with van der Waals surface area (Å²) in [5.74, 6) is -0.0462. The first-order chi connectivity index (χ1) is 15.0. The van der Waals surface area contributed by atoms with Gasteiger partial charge in [0.05, 0.1) is 11.4 Å². The van der Waals surface area contributed by atoms with Crippen LogP contribution < -0.4 is 4.74 Å². The van der Waals surface area contributed by atoms with E-state index in [1.807, 2.05) is 12.1 Å². The highest BCUT2D eigenvalue weighted by molar-refractivity contribution is 8.18. The summed E-state index contributed by atoms with van der Waals surface area (Å²) in [6.45, 7) is 0.417. The topological polar surface area (TPSA) is 46.6 Å². The number of benzene rings is 3. The Morgan fingerprint density at radius 1 is 1.00 bits per heavy atom. The molecule has 0 unspecified atom stereocenters. The van der Waals surface area contributed by atoms with Gasteiger partial charge in [-0.2, -0.15) is 0 Å². The number of hydrogen-bond acceptors (Lipinski definition) is 4. The Morgan fingerprint density at radius 3 is 2.55 bits per heavy atom. The first-order valence-electron chi connectivity index (χ1n) is 9.46. The normalized spacial score (nSPS) is 15.0. The number of amides is 2. The molecule has 0 bridgehead atoms. The lowest BCUT2D eigenvalue weighted by atomic mass is 10.2. The highest BCUT2D eigenvalue weighted by atomic mass is 35.5. The first-order valence-corrected chi connectivity index (χ1v) is 10.6. The zero-order valence-electron chi connectivity index (χ0n) is 16.3. The zero-order chi connectivity index (χ0) is 21.8. The van der Waals surface area contributed by atoms with E-state index in [1.54, 1.807) is 54.6 Å². The first kappa shape index (κ1) is 21.2. The summed E-state index contributed by atoms with van der Waals surface area (Å²) in [5.41, 5.74) is 2.29. The van der Waals surface area contributed by atoms with Crippen molar-refractivity contribution in [1.82, 2.24) is 4.90 Å². The van der Waals surface area contributed by atoms with Gasteiger partial charge in [-0.25, -0.2) is 4.39 Å². The second-order valence-corrected chi connectivity index (χ2v) is 8.25. The summed E-state index contributed by atoms with van der Waals surface area (Å²) in [6, 6.07) is 20.4. The molecule has 0 saturated carbocycles. The molecule has 0 aromatic heterocycles. The summed E-state index contributed by atoms with van der Waals surface area (Å²) in [6.07, 6.45) is 1.67. The molecule has 0 atom stereocenters. The number of imide groups is 1. The average molecular weight is 454 g/mol. The van der Waals surface area contributed by atoms with Crippen LogP contribution in [-0.4, -0.2) is 16.0 Å². The molecule has 156 valence electrons. The maximum absolute atomic E-state index is 13.0. The Labute approximate surface area is 188 Å². The van der Waals surface area contributed by atoms with E-state index in [1.165, 1.54) is 17.0 Å². The molecule has 3 aromatic rings. The lowest BCUT2D eigenvalue weighted by Crippen LogP contribution is -2.27. The van der Waals surface area contributed by atoms with E-state index in [9.17, 15) is 14.0 Å². The Balaban J connectivity index is 1.46. The van der Waals surface area contributed by atoms with Gasteiger partial charge in [-0.05, 0) is 64.9 Å². The van der Waals surface area contributed by atoms with Gasteiger partial charge >= 0.3 is 0 Å². The summed E-state index contributed by atoms with van der Waals surface area (Å²) in [4.78, 5) is 26.7. The highest BCUT2D eigenvalue weighted by Gasteiger charge is 2.35. The molecule has 2 amide bonds. The van der Waals surface area contributed by atoms with Crippen molar-refractivity contribution in [2.24, 2.45) is 0 Å². The van der Waals surface area contributed by atoms with Crippen molar-refractivity contribution >= 4 is 40.6 Å². The van der Waals surface area contributed by atoms with E-state index in [0.29, 0.717) is 21.2 Å². The fourth-order valence-corrected chi connectivity index (χ4v) is 4.06. The lowest BCUT2D eigenvalue weighted by Gasteiger charge is -2.13. The van der Waals surface area contributed by atoms with Crippen LogP contribution in [0.2, 0.25) is 5.02 Å². The molecule has 0 spiro atoms. The number of halogens is 2. The van der Waals surface area contributed by atoms with Gasteiger partial charge in [0.2, 0.25) is 0 Å². The number of nitrogens with zero attached hydrogens (tertiary/aromatic N) is 1. The SMILES string of the molecule is O=C1S/C(=C/c2cccc(OCc3ccc(F)cc3)c2)C(=O)N1Cc1ccccc1Cl. The Kier molecular flexibility index (Phi) is 6.39. The van der Waals surface area contributed by atoms with Gasteiger partial charge in [-0.3, -0.25) is 14.5 Å². The molecule has 4 nitrogen and oxygen atoms in total. The Bertz CT molecular complexity index is 1160. The molecule has 31 heavy (non-hydrogen) atoms. The van der Waals surface area contributed by atoms with Crippen molar-refractivity contribution in [2.45, 2.75) is 13.2 Å². The van der Waals surface area contributed by atoms with E-state index < -0.39 is 0 Å². The number of ether oxygens (including phenoxy) is 1. The van der Waals surface area contributed by atoms with Gasteiger partial charge in [0.15, 0.2) is 0 Å². The van der Waals surface area contributed by atoms with Crippen LogP contribution in [0, 0.1) is 5.82 Å². The molecule has 1 saturated heterocycles. The third-order valence-corrected chi connectivity index (χ3v) is 5.91. The summed E-state index contributed by atoms with van der Waals surface area (Å²) < 4.78 is 18.8. The largest absolute Gasteiger partial charge is 0.489 e. The molecule has 1 aliphatic heterocycles. The Morgan fingerprint density at radius 2 is 1.77 bits per heavy atom. The molecule has 0 radical (unpaired) electrons. The molecular weight excluding hydrogens is 437 g/mol. The molecule has 1 fully saturated rings. The van der Waals surface area contributed by atoms with Crippen molar-refractivity contribution < 1.29 is 18.7 Å². The van der Waals surface area contributed by atoms with Crippen molar-refractivity contribution in [3.63, 3.8) is 0 Å². The number of hydrogen-bond donors (Lipinski definition) is 0. The highest BCUT2D eigenvalue weighted by Crippen LogP contribution is 2.34. The van der Waals surface area contributed by atoms with Crippen LogP contribution in [0.1, 0.15) is 16.7 Å². The van der Waals surface area contributed by atoms with E-state index >= 15 is 0 Å². The Hall–Kier alpha value is -3.09. The average Bonchev–Trinajstić information content (AvgIpc) is 3.02. The van der Waals surface area contributed by atoms with E-state index in [0.717, 1.165) is 22.9 Å². The number of thioether (sulfide) groups is 1. The summed E-state index contributed by atoms with van der Waals surface area (Å²) >= 11 is 7.06. The van der Waals surface area contributed by atoms with Crippen LogP contribution in [0.5, 0.6) is 5.75 Å². The van der Waals surface area contributed by atoms with Gasteiger partial charge in [-0.1, -0.05) is 54.1 Å². The predicted octanol–water partition coefficient (Wildman–Crippen LogP) is 6.29. The summed E-state index contributed by atoms with van der Waals surface area (Å²) in [5, 5.41) is 0.177. The molecule has 7 heteroatoms. The fraction of sp³-hybridized carbons (Fsp3) is 0.0833. The fourth-order valence-electron chi connectivity index (χ4n) is 3.03. The molecule has 1 aliphatic rings. The van der Waals surface area contributed by atoms with Crippen molar-refractivity contribution in [3.8, 4) is 5.75 Å². The molecule has 0 aliphatic carbocycles. The van der Waals surface area contributed by atoms with E-state index in [2.05, 4.69) is 0 Å². The molecule has 3 aromatic carbocycles. The minimum Gasteiger partial charge on any atom is -0.489 e. The van der Waals surface area contributed by atoms with Crippen LogP contribution in [0.25, 0.3) is 6.08 Å². The molecule has 1 heterocycles. The standard InChI is InChI=1S/C24H17ClFNO3S/c25-21-7-2-1-5-18(21)14-27-23(28)22(31-24(27)29)13-17-4-3-6-20(12-17)30-15-16-8-10-19(26)11-9-16/h1-13H,14-15H2/b22-13+. The second kappa shape index (κ2) is 9.37. The van der Waals surface area contributed by atoms with E-state index in [4.69, 9.17) is 16.3 Å². The monoisotopic (exact) mass is 453 g/mol. The molecular formula is C24H17ClFNO3S. The second-order valence-electron chi connectivity index (χ2n) is 6.85. The third-order valence-electron chi connectivity index (χ3n) is 4.63. The van der Waals surface area contributed by atoms with Crippen molar-refractivity contribution in [2.75, 3.05) is 0 Å². The zero-order valence-corrected chi connectivity index (χ0v) is 17.8. The van der Waals surface area contributed by atoms with Crippen LogP contribution in [0.3, 0.4) is 0 Å². The van der Waals surface area contributed by atoms with Gasteiger partial charge < -0.3 is 4.74 Å². The number of carbonyl (C=O) groups excluding carboxylic acids is 2. The van der Waals surface area contributed by atoms with Gasteiger partial charge in [-0.15, -0.1) is 0 Å². The smallest absolute Gasteiger partial charge is 0.293 e. The molecule has 0 N–H and O–H groups in total. The molecule has 4 rings (SSSR count). The number of rotatable bonds is 6. The van der Waals surface area contributed by atoms with E-state index in [-0.39, 0.29) is 30.1 Å². The number of carbonyl (C=O) groups is 2. The lowest BCUT2D eigenvalue weighted by molar-refractivity contribution is -0.123. The van der Waals surface area contributed by atoms with Crippen LogP contribution in [0.4, 0.5) is 9.18 Å². The summed E-state index contributed by atoms with van der Waals surface area (Å²) in [7, 11) is 0. The maximum Gasteiger partial charge on any atom is 0.293 e. The van der Waals surface area contributed by atoms with Gasteiger partial charge in [0.1, 0.15) is 18.2 Å².